The first-order chi connectivity index (χ1) is 13.2. The first-order valence-electron chi connectivity index (χ1n) is 9.96. The van der Waals surface area contributed by atoms with Crippen LogP contribution in [0.2, 0.25) is 0 Å². The minimum absolute atomic E-state index is 0.580. The van der Waals surface area contributed by atoms with Gasteiger partial charge in [0.05, 0.1) is 13.2 Å². The van der Waals surface area contributed by atoms with Crippen LogP contribution in [0.4, 0.5) is 0 Å². The molecular formula is C21H37N3O3. The van der Waals surface area contributed by atoms with Crippen LogP contribution in [0.15, 0.2) is 29.3 Å². The Kier molecular flexibility index (Phi) is 13.2. The molecule has 0 aromatic heterocycles. The molecule has 27 heavy (non-hydrogen) atoms. The van der Waals surface area contributed by atoms with Crippen molar-refractivity contribution < 1.29 is 14.2 Å². The molecule has 0 aliphatic carbocycles. The van der Waals surface area contributed by atoms with Gasteiger partial charge in [-0.1, -0.05) is 26.0 Å². The molecule has 0 aliphatic heterocycles. The third-order valence-electron chi connectivity index (χ3n) is 3.63. The van der Waals surface area contributed by atoms with E-state index in [1.54, 1.807) is 7.11 Å². The van der Waals surface area contributed by atoms with E-state index in [-0.39, 0.29) is 0 Å². The number of nitrogens with zero attached hydrogens (tertiary/aromatic N) is 1. The Balaban J connectivity index is 2.40. The van der Waals surface area contributed by atoms with Crippen molar-refractivity contribution in [2.24, 2.45) is 10.9 Å². The van der Waals surface area contributed by atoms with E-state index in [2.05, 4.69) is 42.5 Å². The van der Waals surface area contributed by atoms with Gasteiger partial charge in [0.2, 0.25) is 0 Å². The molecule has 1 rings (SSSR count). The van der Waals surface area contributed by atoms with Gasteiger partial charge in [0.15, 0.2) is 5.96 Å². The van der Waals surface area contributed by atoms with Crippen LogP contribution in [0.5, 0.6) is 5.75 Å². The summed E-state index contributed by atoms with van der Waals surface area (Å²) in [6, 6.07) is 8.08. The fourth-order valence-electron chi connectivity index (χ4n) is 2.34. The number of methoxy groups -OCH3 is 1. The fourth-order valence-corrected chi connectivity index (χ4v) is 2.34. The summed E-state index contributed by atoms with van der Waals surface area (Å²) in [6.45, 7) is 11.6. The van der Waals surface area contributed by atoms with E-state index in [4.69, 9.17) is 14.2 Å². The van der Waals surface area contributed by atoms with Crippen molar-refractivity contribution >= 4 is 5.96 Å². The Morgan fingerprint density at radius 1 is 1.11 bits per heavy atom. The average molecular weight is 380 g/mol. The summed E-state index contributed by atoms with van der Waals surface area (Å²) in [6.07, 6.45) is 1.84. The number of hydrogen-bond donors (Lipinski definition) is 2. The van der Waals surface area contributed by atoms with Crippen LogP contribution in [0, 0.1) is 5.92 Å². The highest BCUT2D eigenvalue weighted by molar-refractivity contribution is 5.79. The van der Waals surface area contributed by atoms with Crippen molar-refractivity contribution in [1.82, 2.24) is 10.6 Å². The molecule has 2 N–H and O–H groups in total. The Morgan fingerprint density at radius 2 is 1.96 bits per heavy atom. The largest absolute Gasteiger partial charge is 0.493 e. The molecule has 0 aliphatic rings. The molecule has 0 bridgehead atoms. The number of aliphatic imine (C=N–C) groups is 1. The molecule has 0 saturated carbocycles. The molecule has 0 saturated heterocycles. The predicted octanol–water partition coefficient (Wildman–Crippen LogP) is 3.22. The van der Waals surface area contributed by atoms with Crippen molar-refractivity contribution in [3.63, 3.8) is 0 Å². The zero-order valence-corrected chi connectivity index (χ0v) is 17.4. The second kappa shape index (κ2) is 15.3. The van der Waals surface area contributed by atoms with Crippen LogP contribution < -0.4 is 15.4 Å². The average Bonchev–Trinajstić information content (AvgIpc) is 2.66. The smallest absolute Gasteiger partial charge is 0.191 e. The molecule has 0 radical (unpaired) electrons. The lowest BCUT2D eigenvalue weighted by molar-refractivity contribution is 0.108. The van der Waals surface area contributed by atoms with Gasteiger partial charge in [-0.2, -0.15) is 0 Å². The number of rotatable bonds is 14. The highest BCUT2D eigenvalue weighted by Gasteiger charge is 2.00. The van der Waals surface area contributed by atoms with Crippen LogP contribution >= 0.6 is 0 Å². The molecule has 0 unspecified atom stereocenters. The van der Waals surface area contributed by atoms with Crippen molar-refractivity contribution in [2.45, 2.75) is 40.2 Å². The van der Waals surface area contributed by atoms with E-state index in [9.17, 15) is 0 Å². The van der Waals surface area contributed by atoms with Crippen LogP contribution in [-0.2, 0) is 16.0 Å². The van der Waals surface area contributed by atoms with Crippen LogP contribution in [-0.4, -0.2) is 52.6 Å². The molecule has 0 atom stereocenters. The molecule has 1 aromatic rings. The second-order valence-electron chi connectivity index (χ2n) is 6.79. The van der Waals surface area contributed by atoms with Crippen molar-refractivity contribution in [1.29, 1.82) is 0 Å². The van der Waals surface area contributed by atoms with Gasteiger partial charge in [-0.25, -0.2) is 4.99 Å². The molecule has 6 heteroatoms. The van der Waals surface area contributed by atoms with Crippen molar-refractivity contribution in [3.8, 4) is 5.75 Å². The Bertz CT molecular complexity index is 521. The minimum Gasteiger partial charge on any atom is -0.493 e. The summed E-state index contributed by atoms with van der Waals surface area (Å²) in [5.41, 5.74) is 1.12. The second-order valence-corrected chi connectivity index (χ2v) is 6.79. The summed E-state index contributed by atoms with van der Waals surface area (Å²) >= 11 is 0. The lowest BCUT2D eigenvalue weighted by Gasteiger charge is -2.12. The SMILES string of the molecule is CCNC(=NCc1cccc(OCCCOC)c1)NCCCOCC(C)C. The zero-order chi connectivity index (χ0) is 19.7. The van der Waals surface area contributed by atoms with E-state index < -0.39 is 0 Å². The molecule has 1 aromatic carbocycles. The van der Waals surface area contributed by atoms with Gasteiger partial charge >= 0.3 is 0 Å². The van der Waals surface area contributed by atoms with Crippen LogP contribution in [0.25, 0.3) is 0 Å². The lowest BCUT2D eigenvalue weighted by atomic mass is 10.2. The lowest BCUT2D eigenvalue weighted by Crippen LogP contribution is -2.38. The minimum atomic E-state index is 0.580. The van der Waals surface area contributed by atoms with E-state index in [0.717, 1.165) is 56.4 Å². The molecule has 0 fully saturated rings. The van der Waals surface area contributed by atoms with Gasteiger partial charge in [0.1, 0.15) is 5.75 Å². The van der Waals surface area contributed by atoms with E-state index in [1.165, 1.54) is 0 Å². The maximum absolute atomic E-state index is 5.75. The number of guanidine groups is 1. The summed E-state index contributed by atoms with van der Waals surface area (Å²) in [4.78, 5) is 4.66. The fraction of sp³-hybridized carbons (Fsp3) is 0.667. The van der Waals surface area contributed by atoms with Crippen LogP contribution in [0.1, 0.15) is 39.2 Å². The molecule has 0 heterocycles. The van der Waals surface area contributed by atoms with Gasteiger partial charge in [0.25, 0.3) is 0 Å². The Morgan fingerprint density at radius 3 is 2.70 bits per heavy atom. The summed E-state index contributed by atoms with van der Waals surface area (Å²) < 4.78 is 16.4. The van der Waals surface area contributed by atoms with Gasteiger partial charge in [-0.15, -0.1) is 0 Å². The third-order valence-corrected chi connectivity index (χ3v) is 3.63. The van der Waals surface area contributed by atoms with E-state index in [1.807, 2.05) is 18.2 Å². The topological polar surface area (TPSA) is 64.1 Å². The van der Waals surface area contributed by atoms with E-state index >= 15 is 0 Å². The normalized spacial score (nSPS) is 11.7. The van der Waals surface area contributed by atoms with Gasteiger partial charge in [-0.05, 0) is 37.0 Å². The van der Waals surface area contributed by atoms with E-state index in [0.29, 0.717) is 25.7 Å². The maximum Gasteiger partial charge on any atom is 0.191 e. The molecule has 154 valence electrons. The van der Waals surface area contributed by atoms with Gasteiger partial charge in [0, 0.05) is 46.4 Å². The highest BCUT2D eigenvalue weighted by Crippen LogP contribution is 2.14. The quantitative estimate of drug-likeness (QED) is 0.295. The number of hydrogen-bond acceptors (Lipinski definition) is 4. The zero-order valence-electron chi connectivity index (χ0n) is 17.4. The third kappa shape index (κ3) is 12.3. The Labute approximate surface area is 164 Å². The van der Waals surface area contributed by atoms with Crippen molar-refractivity contribution in [2.75, 3.05) is 46.6 Å². The van der Waals surface area contributed by atoms with Crippen LogP contribution in [0.3, 0.4) is 0 Å². The first kappa shape index (κ1) is 23.2. The Hall–Kier alpha value is -1.79. The van der Waals surface area contributed by atoms with Gasteiger partial charge < -0.3 is 24.8 Å². The first-order valence-corrected chi connectivity index (χ1v) is 9.96. The van der Waals surface area contributed by atoms with Crippen molar-refractivity contribution in [3.05, 3.63) is 29.8 Å². The molecule has 6 nitrogen and oxygen atoms in total. The van der Waals surface area contributed by atoms with Gasteiger partial charge in [-0.3, -0.25) is 0 Å². The molecule has 0 amide bonds. The number of nitrogens with one attached hydrogen (secondary N) is 2. The standard InChI is InChI=1S/C21H37N3O3/c1-5-22-21(23-11-7-13-26-17-18(2)3)24-16-19-9-6-10-20(15-19)27-14-8-12-25-4/h6,9-10,15,18H,5,7-8,11-14,16-17H2,1-4H3,(H2,22,23,24). The highest BCUT2D eigenvalue weighted by atomic mass is 16.5. The summed E-state index contributed by atoms with van der Waals surface area (Å²) in [5, 5.41) is 6.63. The molecule has 0 spiro atoms. The summed E-state index contributed by atoms with van der Waals surface area (Å²) in [5.74, 6) is 2.28. The predicted molar refractivity (Wildman–Crippen MR) is 112 cm³/mol. The monoisotopic (exact) mass is 379 g/mol. The summed E-state index contributed by atoms with van der Waals surface area (Å²) in [7, 11) is 1.70. The number of ether oxygens (including phenoxy) is 3. The maximum atomic E-state index is 5.75. The molecular weight excluding hydrogens is 342 g/mol. The number of benzene rings is 1.